The number of hydrogen-bond acceptors (Lipinski definition) is 3. The van der Waals surface area contributed by atoms with Gasteiger partial charge in [-0.1, -0.05) is 22.0 Å². The van der Waals surface area contributed by atoms with Crippen LogP contribution in [0.3, 0.4) is 0 Å². The molecule has 5 heteroatoms. The van der Waals surface area contributed by atoms with Crippen LogP contribution in [0, 0.1) is 0 Å². The van der Waals surface area contributed by atoms with Crippen molar-refractivity contribution in [2.75, 3.05) is 7.11 Å². The zero-order valence-corrected chi connectivity index (χ0v) is 14.4. The van der Waals surface area contributed by atoms with E-state index >= 15 is 0 Å². The molecule has 0 saturated carbocycles. The van der Waals surface area contributed by atoms with Gasteiger partial charge >= 0.3 is 0 Å². The first-order chi connectivity index (χ1) is 9.51. The van der Waals surface area contributed by atoms with Gasteiger partial charge in [0, 0.05) is 10.5 Å². The highest BCUT2D eigenvalue weighted by molar-refractivity contribution is 9.10. The van der Waals surface area contributed by atoms with Gasteiger partial charge in [0.25, 0.3) is 0 Å². The van der Waals surface area contributed by atoms with Gasteiger partial charge in [0.2, 0.25) is 0 Å². The van der Waals surface area contributed by atoms with Crippen molar-refractivity contribution in [1.82, 2.24) is 0 Å². The number of ether oxygens (including phenoxy) is 2. The van der Waals surface area contributed by atoms with E-state index < -0.39 is 0 Å². The minimum absolute atomic E-state index is 0.0221. The molecule has 106 valence electrons. The van der Waals surface area contributed by atoms with Crippen molar-refractivity contribution in [1.29, 1.82) is 0 Å². The number of methoxy groups -OCH3 is 1. The molecule has 0 aliphatic carbocycles. The smallest absolute Gasteiger partial charge is 0.141 e. The van der Waals surface area contributed by atoms with E-state index in [1.807, 2.05) is 43.3 Å². The molecule has 0 amide bonds. The molecule has 0 bridgehead atoms. The van der Waals surface area contributed by atoms with Crippen LogP contribution in [0.5, 0.6) is 17.2 Å². The van der Waals surface area contributed by atoms with E-state index in [4.69, 9.17) is 15.2 Å². The molecule has 3 nitrogen and oxygen atoms in total. The van der Waals surface area contributed by atoms with Crippen LogP contribution in [0.4, 0.5) is 0 Å². The second-order valence-electron chi connectivity index (χ2n) is 4.37. The largest absolute Gasteiger partial charge is 0.497 e. The molecule has 2 aromatic carbocycles. The first kappa shape index (κ1) is 15.4. The van der Waals surface area contributed by atoms with Gasteiger partial charge in [-0.2, -0.15) is 0 Å². The summed E-state index contributed by atoms with van der Waals surface area (Å²) in [6, 6.07) is 11.3. The van der Waals surface area contributed by atoms with E-state index in [2.05, 4.69) is 31.9 Å². The lowest BCUT2D eigenvalue weighted by Gasteiger charge is -2.12. The fourth-order valence-electron chi connectivity index (χ4n) is 1.76. The Balaban J connectivity index is 2.24. The number of rotatable bonds is 4. The Hall–Kier alpha value is -1.04. The quantitative estimate of drug-likeness (QED) is 0.782. The number of halogens is 2. The highest BCUT2D eigenvalue weighted by atomic mass is 79.9. The molecular formula is C15H15Br2NO2. The summed E-state index contributed by atoms with van der Waals surface area (Å²) >= 11 is 6.98. The van der Waals surface area contributed by atoms with Crippen LogP contribution in [0.15, 0.2) is 45.3 Å². The topological polar surface area (TPSA) is 44.5 Å². The minimum Gasteiger partial charge on any atom is -0.497 e. The van der Waals surface area contributed by atoms with E-state index in [1.54, 1.807) is 7.11 Å². The van der Waals surface area contributed by atoms with Crippen molar-refractivity contribution < 1.29 is 9.47 Å². The molecular weight excluding hydrogens is 386 g/mol. The Morgan fingerprint density at radius 3 is 2.20 bits per heavy atom. The summed E-state index contributed by atoms with van der Waals surface area (Å²) in [4.78, 5) is 0. The van der Waals surface area contributed by atoms with Gasteiger partial charge in [-0.25, -0.2) is 0 Å². The molecule has 2 rings (SSSR count). The third-order valence-electron chi connectivity index (χ3n) is 2.83. The average Bonchev–Trinajstić information content (AvgIpc) is 2.40. The average molecular weight is 401 g/mol. The highest BCUT2D eigenvalue weighted by Crippen LogP contribution is 2.34. The SMILES string of the molecule is COc1ccc(Oc2ccc(C(C)N)c(Br)c2)c(Br)c1. The summed E-state index contributed by atoms with van der Waals surface area (Å²) in [7, 11) is 1.63. The lowest BCUT2D eigenvalue weighted by molar-refractivity contribution is 0.412. The molecule has 20 heavy (non-hydrogen) atoms. The van der Waals surface area contributed by atoms with E-state index in [0.717, 1.165) is 31.8 Å². The summed E-state index contributed by atoms with van der Waals surface area (Å²) < 4.78 is 12.8. The molecule has 0 heterocycles. The van der Waals surface area contributed by atoms with Crippen molar-refractivity contribution in [3.8, 4) is 17.2 Å². The monoisotopic (exact) mass is 399 g/mol. The predicted octanol–water partition coefficient (Wildman–Crippen LogP) is 5.03. The first-order valence-corrected chi connectivity index (χ1v) is 7.66. The Bertz CT molecular complexity index is 615. The van der Waals surface area contributed by atoms with E-state index in [0.29, 0.717) is 0 Å². The Morgan fingerprint density at radius 2 is 1.65 bits per heavy atom. The minimum atomic E-state index is -0.0221. The Morgan fingerprint density at radius 1 is 1.00 bits per heavy atom. The first-order valence-electron chi connectivity index (χ1n) is 6.07. The van der Waals surface area contributed by atoms with Crippen LogP contribution in [0.2, 0.25) is 0 Å². The molecule has 0 radical (unpaired) electrons. The molecule has 1 atom stereocenters. The van der Waals surface area contributed by atoms with E-state index in [-0.39, 0.29) is 6.04 Å². The third-order valence-corrected chi connectivity index (χ3v) is 4.14. The van der Waals surface area contributed by atoms with Crippen molar-refractivity contribution in [3.63, 3.8) is 0 Å². The second kappa shape index (κ2) is 6.61. The van der Waals surface area contributed by atoms with Crippen molar-refractivity contribution in [3.05, 3.63) is 50.9 Å². The van der Waals surface area contributed by atoms with Gasteiger partial charge in [-0.3, -0.25) is 0 Å². The van der Waals surface area contributed by atoms with Gasteiger partial charge in [-0.15, -0.1) is 0 Å². The standard InChI is InChI=1S/C15H15Br2NO2/c1-9(18)12-5-3-11(8-13(12)16)20-15-6-4-10(19-2)7-14(15)17/h3-9H,18H2,1-2H3. The fourth-order valence-corrected chi connectivity index (χ4v) is 2.92. The molecule has 0 aliphatic rings. The van der Waals surface area contributed by atoms with Gasteiger partial charge in [0.15, 0.2) is 0 Å². The van der Waals surface area contributed by atoms with Crippen molar-refractivity contribution in [2.45, 2.75) is 13.0 Å². The molecule has 0 aliphatic heterocycles. The van der Waals surface area contributed by atoms with Crippen molar-refractivity contribution >= 4 is 31.9 Å². The highest BCUT2D eigenvalue weighted by Gasteiger charge is 2.09. The zero-order valence-electron chi connectivity index (χ0n) is 11.2. The lowest BCUT2D eigenvalue weighted by Crippen LogP contribution is -2.05. The van der Waals surface area contributed by atoms with E-state index in [9.17, 15) is 0 Å². The van der Waals surface area contributed by atoms with Crippen LogP contribution in [-0.4, -0.2) is 7.11 Å². The molecule has 2 N–H and O–H groups in total. The van der Waals surface area contributed by atoms with Crippen LogP contribution in [0.1, 0.15) is 18.5 Å². The fraction of sp³-hybridized carbons (Fsp3) is 0.200. The van der Waals surface area contributed by atoms with Crippen LogP contribution in [0.25, 0.3) is 0 Å². The molecule has 0 aromatic heterocycles. The summed E-state index contributed by atoms with van der Waals surface area (Å²) in [6.45, 7) is 1.95. The maximum absolute atomic E-state index is 5.88. The van der Waals surface area contributed by atoms with Crippen LogP contribution >= 0.6 is 31.9 Å². The molecule has 0 saturated heterocycles. The summed E-state index contributed by atoms with van der Waals surface area (Å²) in [5, 5.41) is 0. The number of benzene rings is 2. The Kier molecular flexibility index (Phi) is 5.07. The molecule has 1 unspecified atom stereocenters. The van der Waals surface area contributed by atoms with Gasteiger partial charge in [0.05, 0.1) is 11.6 Å². The number of nitrogens with two attached hydrogens (primary N) is 1. The zero-order chi connectivity index (χ0) is 14.7. The van der Waals surface area contributed by atoms with Crippen LogP contribution in [-0.2, 0) is 0 Å². The molecule has 2 aromatic rings. The maximum Gasteiger partial charge on any atom is 0.141 e. The summed E-state index contributed by atoms with van der Waals surface area (Å²) in [5.74, 6) is 2.25. The second-order valence-corrected chi connectivity index (χ2v) is 6.08. The van der Waals surface area contributed by atoms with Gasteiger partial charge in [0.1, 0.15) is 17.2 Å². The van der Waals surface area contributed by atoms with Crippen molar-refractivity contribution in [2.24, 2.45) is 5.73 Å². The number of hydrogen-bond donors (Lipinski definition) is 1. The summed E-state index contributed by atoms with van der Waals surface area (Å²) in [5.41, 5.74) is 6.93. The third kappa shape index (κ3) is 3.53. The Labute approximate surface area is 135 Å². The summed E-state index contributed by atoms with van der Waals surface area (Å²) in [6.07, 6.45) is 0. The molecule has 0 fully saturated rings. The lowest BCUT2D eigenvalue weighted by atomic mass is 10.1. The predicted molar refractivity (Wildman–Crippen MR) is 87.5 cm³/mol. The maximum atomic E-state index is 5.88. The van der Waals surface area contributed by atoms with E-state index in [1.165, 1.54) is 0 Å². The molecule has 0 spiro atoms. The van der Waals surface area contributed by atoms with Gasteiger partial charge in [-0.05, 0) is 58.7 Å². The normalized spacial score (nSPS) is 12.1. The van der Waals surface area contributed by atoms with Gasteiger partial charge < -0.3 is 15.2 Å². The van der Waals surface area contributed by atoms with Crippen LogP contribution < -0.4 is 15.2 Å².